The zero-order valence-corrected chi connectivity index (χ0v) is 19.2. The molecule has 4 rings (SSSR count). The third-order valence-corrected chi connectivity index (χ3v) is 6.33. The molecule has 0 aliphatic carbocycles. The van der Waals surface area contributed by atoms with E-state index in [-0.39, 0.29) is 5.91 Å². The monoisotopic (exact) mass is 488 g/mol. The summed E-state index contributed by atoms with van der Waals surface area (Å²) in [5.74, 6) is 0.0764. The number of halogens is 3. The van der Waals surface area contributed by atoms with Gasteiger partial charge in [0.1, 0.15) is 10.8 Å². The SMILES string of the molecule is COc1c(Cl)cc(Cl)cc1/C=C/C(=O)Nc1cc(-c2nc3ccccc3s2)ccc1Cl. The summed E-state index contributed by atoms with van der Waals surface area (Å²) in [6, 6.07) is 16.6. The van der Waals surface area contributed by atoms with Gasteiger partial charge < -0.3 is 10.1 Å². The van der Waals surface area contributed by atoms with Gasteiger partial charge in [-0.3, -0.25) is 4.79 Å². The van der Waals surface area contributed by atoms with Crippen molar-refractivity contribution >= 4 is 74.0 Å². The second kappa shape index (κ2) is 9.28. The number of nitrogens with one attached hydrogen (secondary N) is 1. The number of carbonyl (C=O) groups excluding carboxylic acids is 1. The Balaban J connectivity index is 1.57. The van der Waals surface area contributed by atoms with Gasteiger partial charge in [-0.05, 0) is 42.5 Å². The maximum absolute atomic E-state index is 12.5. The van der Waals surface area contributed by atoms with Gasteiger partial charge in [0.15, 0.2) is 0 Å². The number of ether oxygens (including phenoxy) is 1. The minimum Gasteiger partial charge on any atom is -0.495 e. The topological polar surface area (TPSA) is 51.2 Å². The van der Waals surface area contributed by atoms with E-state index in [0.717, 1.165) is 20.8 Å². The number of para-hydroxylation sites is 1. The molecule has 1 aromatic heterocycles. The van der Waals surface area contributed by atoms with Crippen molar-refractivity contribution in [1.29, 1.82) is 0 Å². The highest BCUT2D eigenvalue weighted by molar-refractivity contribution is 7.21. The first kappa shape index (κ1) is 21.7. The Morgan fingerprint density at radius 3 is 2.65 bits per heavy atom. The van der Waals surface area contributed by atoms with E-state index in [4.69, 9.17) is 39.5 Å². The van der Waals surface area contributed by atoms with Gasteiger partial charge in [0.05, 0.1) is 33.1 Å². The van der Waals surface area contributed by atoms with Crippen LogP contribution in [0.15, 0.2) is 60.7 Å². The highest BCUT2D eigenvalue weighted by atomic mass is 35.5. The maximum Gasteiger partial charge on any atom is 0.248 e. The first-order valence-corrected chi connectivity index (χ1v) is 11.1. The summed E-state index contributed by atoms with van der Waals surface area (Å²) in [6.07, 6.45) is 2.95. The van der Waals surface area contributed by atoms with Crippen LogP contribution < -0.4 is 10.1 Å². The molecule has 1 N–H and O–H groups in total. The smallest absolute Gasteiger partial charge is 0.248 e. The number of hydrogen-bond donors (Lipinski definition) is 1. The van der Waals surface area contributed by atoms with Gasteiger partial charge in [-0.1, -0.05) is 53.0 Å². The summed E-state index contributed by atoms with van der Waals surface area (Å²) >= 11 is 20.1. The number of methoxy groups -OCH3 is 1. The Hall–Kier alpha value is -2.57. The zero-order valence-electron chi connectivity index (χ0n) is 16.2. The molecule has 0 unspecified atom stereocenters. The molecule has 3 aromatic carbocycles. The minimum atomic E-state index is -0.360. The molecule has 0 bridgehead atoms. The van der Waals surface area contributed by atoms with E-state index in [1.165, 1.54) is 13.2 Å². The van der Waals surface area contributed by atoms with E-state index in [1.807, 2.05) is 36.4 Å². The lowest BCUT2D eigenvalue weighted by Gasteiger charge is -2.09. The Bertz CT molecular complexity index is 1280. The summed E-state index contributed by atoms with van der Waals surface area (Å²) in [6.45, 7) is 0. The number of rotatable bonds is 5. The van der Waals surface area contributed by atoms with Gasteiger partial charge >= 0.3 is 0 Å². The third kappa shape index (κ3) is 4.86. The summed E-state index contributed by atoms with van der Waals surface area (Å²) < 4.78 is 6.38. The number of amides is 1. The molecule has 156 valence electrons. The van der Waals surface area contributed by atoms with Gasteiger partial charge in [0, 0.05) is 22.2 Å². The highest BCUT2D eigenvalue weighted by Crippen LogP contribution is 2.35. The fraction of sp³-hybridized carbons (Fsp3) is 0.0435. The molecule has 4 nitrogen and oxygen atoms in total. The molecule has 4 aromatic rings. The van der Waals surface area contributed by atoms with Crippen molar-refractivity contribution in [2.24, 2.45) is 0 Å². The van der Waals surface area contributed by atoms with E-state index in [0.29, 0.717) is 32.1 Å². The number of benzene rings is 3. The lowest BCUT2D eigenvalue weighted by Crippen LogP contribution is -2.08. The fourth-order valence-electron chi connectivity index (χ4n) is 3.01. The van der Waals surface area contributed by atoms with Gasteiger partial charge in [0.25, 0.3) is 0 Å². The van der Waals surface area contributed by atoms with Gasteiger partial charge in [-0.2, -0.15) is 0 Å². The maximum atomic E-state index is 12.5. The van der Waals surface area contributed by atoms with E-state index in [9.17, 15) is 4.79 Å². The number of hydrogen-bond acceptors (Lipinski definition) is 4. The van der Waals surface area contributed by atoms with Crippen molar-refractivity contribution in [3.8, 4) is 16.3 Å². The van der Waals surface area contributed by atoms with Crippen LogP contribution in [-0.2, 0) is 4.79 Å². The van der Waals surface area contributed by atoms with Crippen molar-refractivity contribution in [2.75, 3.05) is 12.4 Å². The van der Waals surface area contributed by atoms with Gasteiger partial charge in [-0.15, -0.1) is 11.3 Å². The van der Waals surface area contributed by atoms with Crippen LogP contribution in [0, 0.1) is 0 Å². The molecule has 0 fully saturated rings. The summed E-state index contributed by atoms with van der Waals surface area (Å²) in [5.41, 5.74) is 2.88. The second-order valence-electron chi connectivity index (χ2n) is 6.51. The number of carbonyl (C=O) groups is 1. The second-order valence-corrected chi connectivity index (χ2v) is 8.80. The van der Waals surface area contributed by atoms with Gasteiger partial charge in [0.2, 0.25) is 5.91 Å². The van der Waals surface area contributed by atoms with E-state index in [2.05, 4.69) is 10.3 Å². The van der Waals surface area contributed by atoms with Crippen LogP contribution in [0.25, 0.3) is 26.9 Å². The van der Waals surface area contributed by atoms with E-state index < -0.39 is 0 Å². The molecule has 1 heterocycles. The number of anilines is 1. The van der Waals surface area contributed by atoms with E-state index in [1.54, 1.807) is 35.6 Å². The van der Waals surface area contributed by atoms with Crippen LogP contribution in [0.1, 0.15) is 5.56 Å². The Morgan fingerprint density at radius 1 is 1.06 bits per heavy atom. The summed E-state index contributed by atoms with van der Waals surface area (Å²) in [4.78, 5) is 17.2. The van der Waals surface area contributed by atoms with Crippen LogP contribution in [-0.4, -0.2) is 18.0 Å². The Labute approximate surface area is 198 Å². The molecular weight excluding hydrogens is 475 g/mol. The average Bonchev–Trinajstić information content (AvgIpc) is 3.18. The molecule has 0 radical (unpaired) electrons. The largest absolute Gasteiger partial charge is 0.495 e. The van der Waals surface area contributed by atoms with Crippen LogP contribution in [0.5, 0.6) is 5.75 Å². The molecule has 8 heteroatoms. The molecule has 0 aliphatic rings. The summed E-state index contributed by atoms with van der Waals surface area (Å²) in [5, 5.41) is 4.88. The predicted octanol–water partition coefficient (Wildman–Crippen LogP) is 7.58. The minimum absolute atomic E-state index is 0.360. The molecule has 1 amide bonds. The lowest BCUT2D eigenvalue weighted by molar-refractivity contribution is -0.111. The standard InChI is InChI=1S/C23H15Cl3N2O2S/c1-30-22-13(10-15(24)12-17(22)26)7-9-21(29)27-19-11-14(6-8-16(19)25)23-28-18-4-2-3-5-20(18)31-23/h2-12H,1H3,(H,27,29)/b9-7+. The Morgan fingerprint density at radius 2 is 1.87 bits per heavy atom. The van der Waals surface area contributed by atoms with E-state index >= 15 is 0 Å². The van der Waals surface area contributed by atoms with Crippen LogP contribution in [0.4, 0.5) is 5.69 Å². The van der Waals surface area contributed by atoms with Crippen molar-refractivity contribution in [1.82, 2.24) is 4.98 Å². The van der Waals surface area contributed by atoms with Crippen molar-refractivity contribution in [3.63, 3.8) is 0 Å². The molecule has 0 saturated heterocycles. The molecular formula is C23H15Cl3N2O2S. The molecule has 0 spiro atoms. The van der Waals surface area contributed by atoms with Crippen LogP contribution in [0.2, 0.25) is 15.1 Å². The average molecular weight is 490 g/mol. The molecule has 0 aliphatic heterocycles. The third-order valence-electron chi connectivity index (χ3n) is 4.42. The van der Waals surface area contributed by atoms with Crippen LogP contribution in [0.3, 0.4) is 0 Å². The number of thiazole rings is 1. The van der Waals surface area contributed by atoms with Crippen LogP contribution >= 0.6 is 46.1 Å². The number of fused-ring (bicyclic) bond motifs is 1. The number of aromatic nitrogens is 1. The predicted molar refractivity (Wildman–Crippen MR) is 131 cm³/mol. The lowest BCUT2D eigenvalue weighted by atomic mass is 10.1. The van der Waals surface area contributed by atoms with Gasteiger partial charge in [-0.25, -0.2) is 4.98 Å². The Kier molecular flexibility index (Phi) is 6.49. The fourth-order valence-corrected chi connectivity index (χ4v) is 4.72. The normalized spacial score (nSPS) is 11.2. The molecule has 0 saturated carbocycles. The molecule has 0 atom stereocenters. The quantitative estimate of drug-likeness (QED) is 0.294. The first-order chi connectivity index (χ1) is 14.9. The zero-order chi connectivity index (χ0) is 22.0. The van der Waals surface area contributed by atoms with Crippen molar-refractivity contribution < 1.29 is 9.53 Å². The first-order valence-electron chi connectivity index (χ1n) is 9.12. The van der Waals surface area contributed by atoms with Crippen molar-refractivity contribution in [3.05, 3.63) is 81.3 Å². The van der Waals surface area contributed by atoms with Crippen molar-refractivity contribution in [2.45, 2.75) is 0 Å². The number of nitrogens with zero attached hydrogens (tertiary/aromatic N) is 1. The molecule has 31 heavy (non-hydrogen) atoms. The highest BCUT2D eigenvalue weighted by Gasteiger charge is 2.11. The summed E-state index contributed by atoms with van der Waals surface area (Å²) in [7, 11) is 1.50.